The third kappa shape index (κ3) is 3.18. The first-order valence-electron chi connectivity index (χ1n) is 3.12. The molecule has 5 heteroatoms. The van der Waals surface area contributed by atoms with Crippen molar-refractivity contribution in [2.45, 2.75) is 6.42 Å². The Bertz CT molecular complexity index is 303. The van der Waals surface area contributed by atoms with Crippen LogP contribution in [0.25, 0.3) is 0 Å². The molecule has 1 rings (SSSR count). The lowest BCUT2D eigenvalue weighted by atomic mass is 10.3. The molecule has 0 amide bonds. The zero-order valence-electron chi connectivity index (χ0n) is 5.75. The van der Waals surface area contributed by atoms with Crippen LogP contribution in [-0.4, -0.2) is 19.2 Å². The summed E-state index contributed by atoms with van der Waals surface area (Å²) in [6.07, 6.45) is 3.54. The van der Waals surface area contributed by atoms with Gasteiger partial charge in [-0.2, -0.15) is 8.42 Å². The van der Waals surface area contributed by atoms with Crippen LogP contribution in [0, 0.1) is 0 Å². The van der Waals surface area contributed by atoms with E-state index in [0.29, 0.717) is 0 Å². The highest BCUT2D eigenvalue weighted by Crippen LogP contribution is 2.01. The van der Waals surface area contributed by atoms with E-state index >= 15 is 0 Å². The topological polar surface area (TPSA) is 49.9 Å². The van der Waals surface area contributed by atoms with Crippen molar-refractivity contribution in [3.63, 3.8) is 0 Å². The van der Waals surface area contributed by atoms with E-state index in [1.807, 2.05) is 0 Å². The summed E-state index contributed by atoms with van der Waals surface area (Å²) in [5.41, 5.74) is 0.797. The first kappa shape index (κ1) is 8.26. The number of nitrogens with one attached hydrogen (secondary N) is 1. The van der Waals surface area contributed by atoms with E-state index < -0.39 is 16.0 Å². The molecule has 1 aromatic rings. The molecule has 0 spiro atoms. The maximum Gasteiger partial charge on any atom is 0.302 e. The molecule has 0 saturated heterocycles. The second-order valence-electron chi connectivity index (χ2n) is 2.21. The average molecular weight is 177 g/mol. The average Bonchev–Trinajstić information content (AvgIpc) is 2.32. The molecule has 3 nitrogen and oxygen atoms in total. The number of H-pyrrole nitrogens is 1. The number of rotatable bonds is 3. The fraction of sp³-hybridized carbons (Fsp3) is 0.333. The van der Waals surface area contributed by atoms with E-state index in [-0.39, 0.29) is 6.42 Å². The predicted molar refractivity (Wildman–Crippen MR) is 39.4 cm³/mol. The van der Waals surface area contributed by atoms with E-state index in [4.69, 9.17) is 0 Å². The Hall–Kier alpha value is -0.840. The molecule has 1 heterocycles. The van der Waals surface area contributed by atoms with Gasteiger partial charge in [0.05, 0.1) is 5.75 Å². The third-order valence-electron chi connectivity index (χ3n) is 1.30. The van der Waals surface area contributed by atoms with Crippen LogP contribution in [0.15, 0.2) is 18.5 Å². The minimum atomic E-state index is -4.31. The first-order valence-corrected chi connectivity index (χ1v) is 4.67. The minimum Gasteiger partial charge on any atom is -0.367 e. The summed E-state index contributed by atoms with van der Waals surface area (Å²) >= 11 is 0. The van der Waals surface area contributed by atoms with Crippen LogP contribution in [0.2, 0.25) is 0 Å². The fourth-order valence-electron chi connectivity index (χ4n) is 0.754. The van der Waals surface area contributed by atoms with Gasteiger partial charge in [0.25, 0.3) is 0 Å². The number of hydrogen-bond acceptors (Lipinski definition) is 2. The van der Waals surface area contributed by atoms with Crippen molar-refractivity contribution in [2.24, 2.45) is 0 Å². The normalized spacial score (nSPS) is 11.7. The summed E-state index contributed by atoms with van der Waals surface area (Å²) in [7, 11) is -4.31. The molecule has 0 aliphatic heterocycles. The summed E-state index contributed by atoms with van der Waals surface area (Å²) in [6.45, 7) is 0. The summed E-state index contributed by atoms with van der Waals surface area (Å²) in [6, 6.07) is 1.71. The Balaban J connectivity index is 2.48. The van der Waals surface area contributed by atoms with E-state index in [1.54, 1.807) is 18.5 Å². The molecule has 0 aliphatic rings. The van der Waals surface area contributed by atoms with Gasteiger partial charge in [0, 0.05) is 12.4 Å². The molecule has 0 unspecified atom stereocenters. The molecule has 62 valence electrons. The van der Waals surface area contributed by atoms with Gasteiger partial charge >= 0.3 is 10.2 Å². The van der Waals surface area contributed by atoms with E-state index in [2.05, 4.69) is 4.98 Å². The Kier molecular flexibility index (Phi) is 2.28. The number of aromatic nitrogens is 1. The van der Waals surface area contributed by atoms with E-state index in [9.17, 15) is 12.3 Å². The quantitative estimate of drug-likeness (QED) is 0.696. The molecule has 0 atom stereocenters. The maximum atomic E-state index is 11.9. The number of halogens is 1. The predicted octanol–water partition coefficient (Wildman–Crippen LogP) is 0.857. The van der Waals surface area contributed by atoms with Crippen molar-refractivity contribution >= 4 is 10.2 Å². The molecule has 1 aromatic heterocycles. The first-order chi connectivity index (χ1) is 5.08. The summed E-state index contributed by atoms with van der Waals surface area (Å²) in [5, 5.41) is 0. The van der Waals surface area contributed by atoms with Crippen LogP contribution in [-0.2, 0) is 16.6 Å². The number of aromatic amines is 1. The Morgan fingerprint density at radius 1 is 1.55 bits per heavy atom. The highest BCUT2D eigenvalue weighted by atomic mass is 32.3. The van der Waals surface area contributed by atoms with Crippen LogP contribution in [0.3, 0.4) is 0 Å². The van der Waals surface area contributed by atoms with Crippen LogP contribution >= 0.6 is 0 Å². The smallest absolute Gasteiger partial charge is 0.302 e. The fourth-order valence-corrected chi connectivity index (χ4v) is 1.23. The molecule has 0 aromatic carbocycles. The largest absolute Gasteiger partial charge is 0.367 e. The lowest BCUT2D eigenvalue weighted by Gasteiger charge is -1.91. The SMILES string of the molecule is O=S(=O)(F)CCc1cc[nH]c1. The molecule has 1 N–H and O–H groups in total. The monoisotopic (exact) mass is 177 g/mol. The van der Waals surface area contributed by atoms with Crippen molar-refractivity contribution in [3.8, 4) is 0 Å². The molecule has 0 radical (unpaired) electrons. The van der Waals surface area contributed by atoms with Gasteiger partial charge in [0.1, 0.15) is 0 Å². The van der Waals surface area contributed by atoms with Crippen LogP contribution < -0.4 is 0 Å². The molecule has 0 aliphatic carbocycles. The van der Waals surface area contributed by atoms with Gasteiger partial charge < -0.3 is 4.98 Å². The molecular formula is C6H8FNO2S. The van der Waals surface area contributed by atoms with Crippen LogP contribution in [0.5, 0.6) is 0 Å². The summed E-state index contributed by atoms with van der Waals surface area (Å²) in [4.78, 5) is 2.75. The zero-order valence-corrected chi connectivity index (χ0v) is 6.57. The van der Waals surface area contributed by atoms with Gasteiger partial charge in [-0.3, -0.25) is 0 Å². The second kappa shape index (κ2) is 3.04. The molecule has 0 fully saturated rings. The van der Waals surface area contributed by atoms with Gasteiger partial charge in [-0.25, -0.2) is 0 Å². The Morgan fingerprint density at radius 2 is 2.27 bits per heavy atom. The highest BCUT2D eigenvalue weighted by Gasteiger charge is 2.06. The summed E-state index contributed by atoms with van der Waals surface area (Å²) in [5.74, 6) is -0.440. The van der Waals surface area contributed by atoms with Gasteiger partial charge in [0.15, 0.2) is 0 Å². The molecule has 0 bridgehead atoms. The standard InChI is InChI=1S/C6H8FNO2S/c7-11(9,10)4-2-6-1-3-8-5-6/h1,3,5,8H,2,4H2. The van der Waals surface area contributed by atoms with Gasteiger partial charge in [-0.1, -0.05) is 0 Å². The molecule has 11 heavy (non-hydrogen) atoms. The van der Waals surface area contributed by atoms with E-state index in [0.717, 1.165) is 5.56 Å². The van der Waals surface area contributed by atoms with Crippen molar-refractivity contribution in [1.29, 1.82) is 0 Å². The van der Waals surface area contributed by atoms with Crippen LogP contribution in [0.4, 0.5) is 3.89 Å². The Labute approximate surface area is 64.5 Å². The van der Waals surface area contributed by atoms with Crippen molar-refractivity contribution in [1.82, 2.24) is 4.98 Å². The number of hydrogen-bond donors (Lipinski definition) is 1. The lowest BCUT2D eigenvalue weighted by molar-refractivity contribution is 0.551. The van der Waals surface area contributed by atoms with Crippen molar-refractivity contribution in [3.05, 3.63) is 24.0 Å². The Morgan fingerprint density at radius 3 is 2.73 bits per heavy atom. The maximum absolute atomic E-state index is 11.9. The molecule has 0 saturated carbocycles. The van der Waals surface area contributed by atoms with E-state index in [1.165, 1.54) is 0 Å². The third-order valence-corrected chi connectivity index (χ3v) is 1.99. The minimum absolute atomic E-state index is 0.225. The number of aryl methyl sites for hydroxylation is 1. The van der Waals surface area contributed by atoms with Gasteiger partial charge in [0.2, 0.25) is 0 Å². The van der Waals surface area contributed by atoms with Crippen LogP contribution in [0.1, 0.15) is 5.56 Å². The van der Waals surface area contributed by atoms with Crippen molar-refractivity contribution in [2.75, 3.05) is 5.75 Å². The van der Waals surface area contributed by atoms with Gasteiger partial charge in [-0.05, 0) is 18.1 Å². The highest BCUT2D eigenvalue weighted by molar-refractivity contribution is 7.86. The second-order valence-corrected chi connectivity index (χ2v) is 3.70. The van der Waals surface area contributed by atoms with Gasteiger partial charge in [-0.15, -0.1) is 3.89 Å². The summed E-state index contributed by atoms with van der Waals surface area (Å²) < 4.78 is 32.0. The zero-order chi connectivity index (χ0) is 8.32. The lowest BCUT2D eigenvalue weighted by Crippen LogP contribution is -2.00. The van der Waals surface area contributed by atoms with Crippen molar-refractivity contribution < 1.29 is 12.3 Å². The molecular weight excluding hydrogens is 169 g/mol.